The van der Waals surface area contributed by atoms with Gasteiger partial charge in [-0.2, -0.15) is 5.10 Å². The van der Waals surface area contributed by atoms with E-state index in [1.165, 1.54) is 16.8 Å². The highest BCUT2D eigenvalue weighted by Gasteiger charge is 2.15. The van der Waals surface area contributed by atoms with Crippen LogP contribution in [-0.2, 0) is 19.9 Å². The van der Waals surface area contributed by atoms with Crippen LogP contribution in [0.3, 0.4) is 0 Å². The van der Waals surface area contributed by atoms with Gasteiger partial charge < -0.3 is 5.32 Å². The summed E-state index contributed by atoms with van der Waals surface area (Å²) in [6.07, 6.45) is 1.93. The average molecular weight is 336 g/mol. The van der Waals surface area contributed by atoms with Crippen molar-refractivity contribution in [3.05, 3.63) is 51.3 Å². The van der Waals surface area contributed by atoms with Gasteiger partial charge in [0.25, 0.3) is 0 Å². The van der Waals surface area contributed by atoms with E-state index in [-0.39, 0.29) is 0 Å². The number of hydrogen-bond acceptors (Lipinski definition) is 2. The predicted octanol–water partition coefficient (Wildman–Crippen LogP) is 3.56. The Labute approximate surface area is 129 Å². The predicted molar refractivity (Wildman–Crippen MR) is 87.0 cm³/mol. The van der Waals surface area contributed by atoms with Crippen LogP contribution >= 0.6 is 15.9 Å². The normalized spacial score (nSPS) is 12.7. The first-order chi connectivity index (χ1) is 9.55. The number of likely N-dealkylation sites (N-methyl/N-ethyl adjacent to an activating group) is 1. The van der Waals surface area contributed by atoms with Gasteiger partial charge in [0.2, 0.25) is 0 Å². The minimum Gasteiger partial charge on any atom is -0.313 e. The number of nitrogens with zero attached hydrogens (tertiary/aromatic N) is 2. The SMILES string of the molecule is CCc1cc(CC(NC)c2ccc(Br)cc2C)n(C)n1. The third kappa shape index (κ3) is 3.30. The summed E-state index contributed by atoms with van der Waals surface area (Å²) in [4.78, 5) is 0. The van der Waals surface area contributed by atoms with E-state index >= 15 is 0 Å². The molecule has 0 radical (unpaired) electrons. The second-order valence-corrected chi connectivity index (χ2v) is 6.07. The van der Waals surface area contributed by atoms with Crippen LogP contribution in [0.25, 0.3) is 0 Å². The summed E-state index contributed by atoms with van der Waals surface area (Å²) in [5.74, 6) is 0. The largest absolute Gasteiger partial charge is 0.313 e. The number of halogens is 1. The molecule has 0 aliphatic carbocycles. The number of aromatic nitrogens is 2. The van der Waals surface area contributed by atoms with Gasteiger partial charge in [-0.1, -0.05) is 28.9 Å². The van der Waals surface area contributed by atoms with Gasteiger partial charge in [-0.05, 0) is 49.7 Å². The topological polar surface area (TPSA) is 29.9 Å². The monoisotopic (exact) mass is 335 g/mol. The van der Waals surface area contributed by atoms with Crippen LogP contribution in [0.2, 0.25) is 0 Å². The van der Waals surface area contributed by atoms with Crippen LogP contribution in [0.1, 0.15) is 35.5 Å². The van der Waals surface area contributed by atoms with E-state index in [1.807, 2.05) is 18.8 Å². The van der Waals surface area contributed by atoms with Gasteiger partial charge in [0, 0.05) is 29.7 Å². The molecule has 1 aromatic carbocycles. The number of aryl methyl sites for hydroxylation is 3. The minimum absolute atomic E-state index is 0.309. The molecule has 1 aromatic heterocycles. The molecule has 4 heteroatoms. The summed E-state index contributed by atoms with van der Waals surface area (Å²) < 4.78 is 3.12. The number of hydrogen-bond donors (Lipinski definition) is 1. The number of benzene rings is 1. The van der Waals surface area contributed by atoms with Crippen molar-refractivity contribution >= 4 is 15.9 Å². The summed E-state index contributed by atoms with van der Waals surface area (Å²) in [5.41, 5.74) is 5.07. The van der Waals surface area contributed by atoms with E-state index in [2.05, 4.69) is 64.5 Å². The third-order valence-electron chi connectivity index (χ3n) is 3.76. The van der Waals surface area contributed by atoms with E-state index in [1.54, 1.807) is 0 Å². The summed E-state index contributed by atoms with van der Waals surface area (Å²) in [5, 5.41) is 7.95. The Kier molecular flexibility index (Phi) is 5.00. The second kappa shape index (κ2) is 6.55. The third-order valence-corrected chi connectivity index (χ3v) is 4.25. The fraction of sp³-hybridized carbons (Fsp3) is 0.438. The summed E-state index contributed by atoms with van der Waals surface area (Å²) in [6, 6.07) is 8.98. The standard InChI is InChI=1S/C16H22BrN3/c1-5-13-9-14(20(4)19-13)10-16(18-3)15-7-6-12(17)8-11(15)2/h6-9,16,18H,5,10H2,1-4H3. The molecule has 1 unspecified atom stereocenters. The quantitative estimate of drug-likeness (QED) is 0.905. The molecule has 0 saturated heterocycles. The first-order valence-corrected chi connectivity index (χ1v) is 7.79. The zero-order valence-corrected chi connectivity index (χ0v) is 14.2. The van der Waals surface area contributed by atoms with Crippen molar-refractivity contribution in [1.82, 2.24) is 15.1 Å². The van der Waals surface area contributed by atoms with E-state index in [9.17, 15) is 0 Å². The molecule has 0 bridgehead atoms. The first-order valence-electron chi connectivity index (χ1n) is 7.00. The molecule has 0 amide bonds. The maximum atomic E-state index is 4.53. The zero-order chi connectivity index (χ0) is 14.7. The summed E-state index contributed by atoms with van der Waals surface area (Å²) in [6.45, 7) is 4.30. The van der Waals surface area contributed by atoms with Crippen molar-refractivity contribution in [3.63, 3.8) is 0 Å². The Bertz CT molecular complexity index is 589. The van der Waals surface area contributed by atoms with E-state index in [0.29, 0.717) is 6.04 Å². The molecule has 0 fully saturated rings. The molecule has 3 nitrogen and oxygen atoms in total. The van der Waals surface area contributed by atoms with Crippen LogP contribution in [0.15, 0.2) is 28.7 Å². The first kappa shape index (κ1) is 15.3. The molecule has 108 valence electrons. The smallest absolute Gasteiger partial charge is 0.0624 e. The van der Waals surface area contributed by atoms with Gasteiger partial charge in [-0.15, -0.1) is 0 Å². The van der Waals surface area contributed by atoms with E-state index < -0.39 is 0 Å². The van der Waals surface area contributed by atoms with Gasteiger partial charge in [-0.25, -0.2) is 0 Å². The van der Waals surface area contributed by atoms with Crippen LogP contribution < -0.4 is 5.32 Å². The lowest BCUT2D eigenvalue weighted by molar-refractivity contribution is 0.558. The summed E-state index contributed by atoms with van der Waals surface area (Å²) in [7, 11) is 4.04. The lowest BCUT2D eigenvalue weighted by Gasteiger charge is -2.19. The van der Waals surface area contributed by atoms with Gasteiger partial charge in [-0.3, -0.25) is 4.68 Å². The van der Waals surface area contributed by atoms with Gasteiger partial charge in [0.05, 0.1) is 5.69 Å². The average Bonchev–Trinajstić information content (AvgIpc) is 2.77. The van der Waals surface area contributed by atoms with Crippen LogP contribution in [0.5, 0.6) is 0 Å². The van der Waals surface area contributed by atoms with Crippen molar-refractivity contribution in [2.45, 2.75) is 32.7 Å². The molecule has 20 heavy (non-hydrogen) atoms. The molecule has 1 atom stereocenters. The van der Waals surface area contributed by atoms with Gasteiger partial charge in [0.1, 0.15) is 0 Å². The maximum absolute atomic E-state index is 4.53. The Morgan fingerprint density at radius 1 is 1.35 bits per heavy atom. The Balaban J connectivity index is 2.26. The Hall–Kier alpha value is -1.13. The highest BCUT2D eigenvalue weighted by atomic mass is 79.9. The molecule has 0 saturated carbocycles. The highest BCUT2D eigenvalue weighted by molar-refractivity contribution is 9.10. The second-order valence-electron chi connectivity index (χ2n) is 5.15. The number of nitrogens with one attached hydrogen (secondary N) is 1. The van der Waals surface area contributed by atoms with Crippen LogP contribution in [0, 0.1) is 6.92 Å². The minimum atomic E-state index is 0.309. The van der Waals surface area contributed by atoms with Crippen molar-refractivity contribution in [2.75, 3.05) is 7.05 Å². The van der Waals surface area contributed by atoms with E-state index in [4.69, 9.17) is 0 Å². The fourth-order valence-electron chi connectivity index (χ4n) is 2.54. The zero-order valence-electron chi connectivity index (χ0n) is 12.6. The van der Waals surface area contributed by atoms with Crippen molar-refractivity contribution < 1.29 is 0 Å². The molecular formula is C16H22BrN3. The molecule has 1 heterocycles. The van der Waals surface area contributed by atoms with Crippen LogP contribution in [0.4, 0.5) is 0 Å². The Morgan fingerprint density at radius 3 is 2.65 bits per heavy atom. The Morgan fingerprint density at radius 2 is 2.10 bits per heavy atom. The summed E-state index contributed by atoms with van der Waals surface area (Å²) >= 11 is 3.52. The fourth-order valence-corrected chi connectivity index (χ4v) is 3.02. The van der Waals surface area contributed by atoms with E-state index in [0.717, 1.165) is 23.0 Å². The lowest BCUT2D eigenvalue weighted by atomic mass is 9.97. The van der Waals surface area contributed by atoms with Crippen molar-refractivity contribution in [2.24, 2.45) is 7.05 Å². The molecule has 1 N–H and O–H groups in total. The van der Waals surface area contributed by atoms with Gasteiger partial charge >= 0.3 is 0 Å². The molecule has 2 rings (SSSR count). The van der Waals surface area contributed by atoms with Gasteiger partial charge in [0.15, 0.2) is 0 Å². The molecule has 0 aliphatic rings. The van der Waals surface area contributed by atoms with Crippen molar-refractivity contribution in [1.29, 1.82) is 0 Å². The van der Waals surface area contributed by atoms with Crippen molar-refractivity contribution in [3.8, 4) is 0 Å². The lowest BCUT2D eigenvalue weighted by Crippen LogP contribution is -2.21. The molecule has 0 aliphatic heterocycles. The molecule has 0 spiro atoms. The molecular weight excluding hydrogens is 314 g/mol. The highest BCUT2D eigenvalue weighted by Crippen LogP contribution is 2.24. The van der Waals surface area contributed by atoms with Crippen LogP contribution in [-0.4, -0.2) is 16.8 Å². The maximum Gasteiger partial charge on any atom is 0.0624 e. The molecule has 2 aromatic rings. The number of rotatable bonds is 5.